The Balaban J connectivity index is 1.71. The van der Waals surface area contributed by atoms with Crippen molar-refractivity contribution >= 4 is 11.6 Å². The monoisotopic (exact) mass is 457 g/mol. The standard InChI is InChI=1S/C26H20ClN3O3/c1-31-24-11-15-9-10-30-21(17(15)13-25(24)32-2)12-18(19(14-28)26(30)29)23-8-7-22(33-23)16-5-3-4-6-20(16)27/h3-8,11-13,29H,9-10H2,1-2H3. The SMILES string of the molecule is COc1cc2c(cc1OC)-c1cc(-c3ccc(-c4ccccc4Cl)o3)c(C#N)c(=N)n1CC2. The number of halogens is 1. The Morgan fingerprint density at radius 3 is 2.36 bits per heavy atom. The summed E-state index contributed by atoms with van der Waals surface area (Å²) in [7, 11) is 3.21. The van der Waals surface area contributed by atoms with Crippen LogP contribution in [0.3, 0.4) is 0 Å². The van der Waals surface area contributed by atoms with Gasteiger partial charge in [0.25, 0.3) is 0 Å². The number of nitrogens with zero attached hydrogens (tertiary/aromatic N) is 2. The van der Waals surface area contributed by atoms with Gasteiger partial charge in [0.15, 0.2) is 11.5 Å². The highest BCUT2D eigenvalue weighted by molar-refractivity contribution is 6.33. The highest BCUT2D eigenvalue weighted by Crippen LogP contribution is 2.40. The molecule has 7 heteroatoms. The number of hydrogen-bond acceptors (Lipinski definition) is 5. The van der Waals surface area contributed by atoms with Crippen molar-refractivity contribution in [3.05, 3.63) is 76.2 Å². The first-order valence-corrected chi connectivity index (χ1v) is 10.8. The van der Waals surface area contributed by atoms with Gasteiger partial charge in [0.2, 0.25) is 0 Å². The minimum Gasteiger partial charge on any atom is -0.493 e. The van der Waals surface area contributed by atoms with E-state index >= 15 is 0 Å². The Kier molecular flexibility index (Phi) is 5.20. The number of nitriles is 1. The van der Waals surface area contributed by atoms with Crippen molar-refractivity contribution in [3.8, 4) is 51.5 Å². The van der Waals surface area contributed by atoms with E-state index in [1.54, 1.807) is 20.3 Å². The van der Waals surface area contributed by atoms with Gasteiger partial charge < -0.3 is 18.5 Å². The fourth-order valence-corrected chi connectivity index (χ4v) is 4.55. The van der Waals surface area contributed by atoms with Crippen molar-refractivity contribution in [1.82, 2.24) is 4.57 Å². The van der Waals surface area contributed by atoms with E-state index in [2.05, 4.69) is 6.07 Å². The lowest BCUT2D eigenvalue weighted by molar-refractivity contribution is 0.354. The highest BCUT2D eigenvalue weighted by Gasteiger charge is 2.24. The molecule has 0 fully saturated rings. The largest absolute Gasteiger partial charge is 0.493 e. The van der Waals surface area contributed by atoms with Crippen molar-refractivity contribution in [2.75, 3.05) is 14.2 Å². The van der Waals surface area contributed by atoms with E-state index in [1.165, 1.54) is 0 Å². The molecular formula is C26H20ClN3O3. The average Bonchev–Trinajstić information content (AvgIpc) is 3.33. The number of pyridine rings is 1. The Bertz CT molecular complexity index is 1490. The van der Waals surface area contributed by atoms with Crippen LogP contribution in [0.15, 0.2) is 59.0 Å². The lowest BCUT2D eigenvalue weighted by atomic mass is 9.94. The lowest BCUT2D eigenvalue weighted by Gasteiger charge is -2.25. The topological polar surface area (TPSA) is 84.2 Å². The summed E-state index contributed by atoms with van der Waals surface area (Å²) in [6.07, 6.45) is 0.723. The van der Waals surface area contributed by atoms with Gasteiger partial charge in [-0.15, -0.1) is 0 Å². The quantitative estimate of drug-likeness (QED) is 0.428. The van der Waals surface area contributed by atoms with Crippen molar-refractivity contribution in [3.63, 3.8) is 0 Å². The maximum atomic E-state index is 9.89. The second-order valence-electron chi connectivity index (χ2n) is 7.69. The van der Waals surface area contributed by atoms with Gasteiger partial charge in [-0.1, -0.05) is 23.7 Å². The van der Waals surface area contributed by atoms with Crippen LogP contribution in [0.2, 0.25) is 5.02 Å². The number of fused-ring (bicyclic) bond motifs is 3. The van der Waals surface area contributed by atoms with Crippen LogP contribution >= 0.6 is 11.6 Å². The predicted molar refractivity (Wildman–Crippen MR) is 125 cm³/mol. The van der Waals surface area contributed by atoms with Crippen LogP contribution < -0.4 is 15.0 Å². The number of methoxy groups -OCH3 is 2. The van der Waals surface area contributed by atoms with Gasteiger partial charge in [0.1, 0.15) is 28.6 Å². The first-order valence-electron chi connectivity index (χ1n) is 10.4. The molecule has 1 aliphatic heterocycles. The number of aryl methyl sites for hydroxylation is 1. The fourth-order valence-electron chi connectivity index (χ4n) is 4.32. The summed E-state index contributed by atoms with van der Waals surface area (Å²) in [6, 6.07) is 19.1. The molecule has 33 heavy (non-hydrogen) atoms. The third kappa shape index (κ3) is 3.38. The van der Waals surface area contributed by atoms with Crippen LogP contribution in [-0.4, -0.2) is 18.8 Å². The average molecular weight is 458 g/mol. The molecule has 6 nitrogen and oxygen atoms in total. The minimum absolute atomic E-state index is 0.154. The van der Waals surface area contributed by atoms with Crippen LogP contribution in [0, 0.1) is 16.7 Å². The molecule has 0 spiro atoms. The Labute approximate surface area is 195 Å². The third-order valence-electron chi connectivity index (χ3n) is 5.96. The minimum atomic E-state index is 0.154. The molecule has 4 aromatic rings. The molecule has 0 amide bonds. The molecule has 2 aromatic heterocycles. The summed E-state index contributed by atoms with van der Waals surface area (Å²) in [6.45, 7) is 0.592. The maximum absolute atomic E-state index is 9.89. The van der Waals surface area contributed by atoms with E-state index in [1.807, 2.05) is 53.1 Å². The first-order chi connectivity index (χ1) is 16.0. The van der Waals surface area contributed by atoms with E-state index in [9.17, 15) is 5.26 Å². The van der Waals surface area contributed by atoms with E-state index < -0.39 is 0 Å². The molecule has 1 N–H and O–H groups in total. The lowest BCUT2D eigenvalue weighted by Crippen LogP contribution is -2.28. The highest BCUT2D eigenvalue weighted by atomic mass is 35.5. The van der Waals surface area contributed by atoms with Crippen molar-refractivity contribution in [2.45, 2.75) is 13.0 Å². The molecule has 0 saturated heterocycles. The zero-order valence-electron chi connectivity index (χ0n) is 18.1. The number of aromatic nitrogens is 1. The van der Waals surface area contributed by atoms with Gasteiger partial charge >= 0.3 is 0 Å². The molecule has 1 aliphatic rings. The number of ether oxygens (including phenoxy) is 2. The smallest absolute Gasteiger partial charge is 0.161 e. The summed E-state index contributed by atoms with van der Waals surface area (Å²) in [5.41, 5.74) is 4.62. The predicted octanol–water partition coefficient (Wildman–Crippen LogP) is 5.66. The zero-order chi connectivity index (χ0) is 23.1. The number of rotatable bonds is 4. The Morgan fingerprint density at radius 2 is 1.67 bits per heavy atom. The first kappa shape index (κ1) is 20.9. The second kappa shape index (κ2) is 8.19. The molecule has 0 saturated carbocycles. The molecule has 0 unspecified atom stereocenters. The van der Waals surface area contributed by atoms with Crippen LogP contribution in [0.1, 0.15) is 11.1 Å². The van der Waals surface area contributed by atoms with Gasteiger partial charge in [-0.05, 0) is 54.4 Å². The molecule has 0 atom stereocenters. The van der Waals surface area contributed by atoms with Gasteiger partial charge in [0.05, 0.1) is 24.9 Å². The zero-order valence-corrected chi connectivity index (χ0v) is 18.9. The van der Waals surface area contributed by atoms with Crippen LogP contribution in [0.4, 0.5) is 0 Å². The molecule has 0 aliphatic carbocycles. The second-order valence-corrected chi connectivity index (χ2v) is 8.10. The number of furan rings is 1. The molecule has 2 aromatic carbocycles. The van der Waals surface area contributed by atoms with Gasteiger partial charge in [-0.3, -0.25) is 5.41 Å². The van der Waals surface area contributed by atoms with Crippen molar-refractivity contribution < 1.29 is 13.9 Å². The summed E-state index contributed by atoms with van der Waals surface area (Å²) in [5.74, 6) is 2.38. The van der Waals surface area contributed by atoms with Gasteiger partial charge in [-0.2, -0.15) is 5.26 Å². The summed E-state index contributed by atoms with van der Waals surface area (Å²) < 4.78 is 18.9. The molecular weight excluding hydrogens is 438 g/mol. The maximum Gasteiger partial charge on any atom is 0.161 e. The van der Waals surface area contributed by atoms with Gasteiger partial charge in [-0.25, -0.2) is 0 Å². The van der Waals surface area contributed by atoms with E-state index in [-0.39, 0.29) is 11.1 Å². The normalized spacial score (nSPS) is 11.9. The molecule has 0 bridgehead atoms. The van der Waals surface area contributed by atoms with Gasteiger partial charge in [0, 0.05) is 23.2 Å². The molecule has 5 rings (SSSR count). The molecule has 3 heterocycles. The molecule has 0 radical (unpaired) electrons. The van der Waals surface area contributed by atoms with E-state index in [4.69, 9.17) is 30.9 Å². The summed E-state index contributed by atoms with van der Waals surface area (Å²) in [4.78, 5) is 0. The van der Waals surface area contributed by atoms with Crippen LogP contribution in [-0.2, 0) is 13.0 Å². The molecule has 164 valence electrons. The third-order valence-corrected chi connectivity index (χ3v) is 6.29. The Morgan fingerprint density at radius 1 is 0.970 bits per heavy atom. The number of nitrogens with one attached hydrogen (secondary N) is 1. The summed E-state index contributed by atoms with van der Waals surface area (Å²) in [5, 5.41) is 19.2. The van der Waals surface area contributed by atoms with E-state index in [0.717, 1.165) is 28.8 Å². The van der Waals surface area contributed by atoms with Crippen LogP contribution in [0.25, 0.3) is 33.9 Å². The summed E-state index contributed by atoms with van der Waals surface area (Å²) >= 11 is 6.33. The van der Waals surface area contributed by atoms with Crippen molar-refractivity contribution in [2.24, 2.45) is 0 Å². The van der Waals surface area contributed by atoms with Crippen LogP contribution in [0.5, 0.6) is 11.5 Å². The van der Waals surface area contributed by atoms with Crippen molar-refractivity contribution in [1.29, 1.82) is 10.7 Å². The van der Waals surface area contributed by atoms with E-state index in [0.29, 0.717) is 40.2 Å². The number of hydrogen-bond donors (Lipinski definition) is 1. The Hall–Kier alpha value is -3.95. The number of benzene rings is 2. The fraction of sp³-hybridized carbons (Fsp3) is 0.154.